The second kappa shape index (κ2) is 16.6. The predicted molar refractivity (Wildman–Crippen MR) is 142 cm³/mol. The molecule has 0 aliphatic rings. The van der Waals surface area contributed by atoms with Gasteiger partial charge in [0.05, 0.1) is 5.92 Å². The summed E-state index contributed by atoms with van der Waals surface area (Å²) in [7, 11) is 0. The number of nitrogens with one attached hydrogen (secondary N) is 4. The van der Waals surface area contributed by atoms with Crippen molar-refractivity contribution >= 4 is 46.9 Å². The van der Waals surface area contributed by atoms with Crippen molar-refractivity contribution in [3.63, 3.8) is 0 Å². The lowest BCUT2D eigenvalue weighted by Gasteiger charge is -2.24. The van der Waals surface area contributed by atoms with E-state index in [4.69, 9.17) is 16.3 Å². The first-order valence-corrected chi connectivity index (χ1v) is 13.0. The van der Waals surface area contributed by atoms with Gasteiger partial charge in [-0.25, -0.2) is 0 Å². The fraction of sp³-hybridized carbons (Fsp3) is 0.577. The van der Waals surface area contributed by atoms with Crippen LogP contribution in [0.3, 0.4) is 0 Å². The molecule has 0 aromatic heterocycles. The third-order valence-corrected chi connectivity index (χ3v) is 5.61. The molecule has 37 heavy (non-hydrogen) atoms. The fourth-order valence-electron chi connectivity index (χ4n) is 3.09. The van der Waals surface area contributed by atoms with Crippen LogP contribution in [0.5, 0.6) is 0 Å². The van der Waals surface area contributed by atoms with Crippen LogP contribution in [0.1, 0.15) is 59.4 Å². The van der Waals surface area contributed by atoms with E-state index in [2.05, 4.69) is 21.3 Å². The highest BCUT2D eigenvalue weighted by atomic mass is 35.5. The van der Waals surface area contributed by atoms with E-state index < -0.39 is 23.9 Å². The number of rotatable bonds is 15. The van der Waals surface area contributed by atoms with E-state index in [-0.39, 0.29) is 48.5 Å². The predicted octanol–water partition coefficient (Wildman–Crippen LogP) is 2.50. The number of alkyl halides is 1. The van der Waals surface area contributed by atoms with E-state index in [9.17, 15) is 24.0 Å². The molecule has 2 atom stereocenters. The van der Waals surface area contributed by atoms with Crippen LogP contribution in [0.25, 0.3) is 0 Å². The maximum Gasteiger partial charge on any atom is 0.308 e. The first-order chi connectivity index (χ1) is 17.4. The van der Waals surface area contributed by atoms with Crippen molar-refractivity contribution in [1.82, 2.24) is 16.0 Å². The van der Waals surface area contributed by atoms with Crippen molar-refractivity contribution in [1.29, 1.82) is 0 Å². The minimum Gasteiger partial charge on any atom is -0.461 e. The van der Waals surface area contributed by atoms with E-state index >= 15 is 0 Å². The van der Waals surface area contributed by atoms with Crippen LogP contribution in [0, 0.1) is 11.8 Å². The van der Waals surface area contributed by atoms with Gasteiger partial charge in [0.25, 0.3) is 0 Å². The Morgan fingerprint density at radius 1 is 0.865 bits per heavy atom. The Morgan fingerprint density at radius 3 is 2.08 bits per heavy atom. The maximum absolute atomic E-state index is 12.8. The summed E-state index contributed by atoms with van der Waals surface area (Å²) in [6, 6.07) is 5.20. The smallest absolute Gasteiger partial charge is 0.308 e. The van der Waals surface area contributed by atoms with E-state index in [1.54, 1.807) is 58.9 Å². The molecule has 4 amide bonds. The van der Waals surface area contributed by atoms with Crippen molar-refractivity contribution in [3.8, 4) is 0 Å². The topological polar surface area (TPSA) is 143 Å². The number of anilines is 1. The standard InChI is InChI=1S/C26H39ClN4O6/c1-16(2)23(31-21(32)8-6-7-13-28-22(33)14-27)25(35)29-18(5)24(34)30-20-11-9-19(10-12-20)15-37-26(36)17(3)4/h9-12,16-18,23H,6-8,13-15H2,1-5H3,(H,28,33)(H,29,35)(H,30,34)(H,31,32)/t18-,23?/m1/s1. The molecule has 0 fully saturated rings. The number of esters is 1. The van der Waals surface area contributed by atoms with E-state index in [0.29, 0.717) is 25.1 Å². The number of ether oxygens (including phenoxy) is 1. The molecule has 10 nitrogen and oxygen atoms in total. The van der Waals surface area contributed by atoms with Gasteiger partial charge in [-0.2, -0.15) is 0 Å². The van der Waals surface area contributed by atoms with Gasteiger partial charge in [-0.15, -0.1) is 11.6 Å². The average Bonchev–Trinajstić information content (AvgIpc) is 2.85. The Bertz CT molecular complexity index is 920. The molecule has 0 spiro atoms. The number of hydrogen-bond donors (Lipinski definition) is 4. The van der Waals surface area contributed by atoms with Crippen LogP contribution in [-0.4, -0.2) is 54.1 Å². The second-order valence-electron chi connectivity index (χ2n) is 9.41. The summed E-state index contributed by atoms with van der Waals surface area (Å²) in [5.41, 5.74) is 1.31. The molecule has 4 N–H and O–H groups in total. The highest BCUT2D eigenvalue weighted by Crippen LogP contribution is 2.12. The Hall–Kier alpha value is -3.14. The van der Waals surface area contributed by atoms with Crippen LogP contribution < -0.4 is 21.3 Å². The number of carbonyl (C=O) groups excluding carboxylic acids is 5. The molecule has 206 valence electrons. The Labute approximate surface area is 223 Å². The van der Waals surface area contributed by atoms with Gasteiger partial charge >= 0.3 is 5.97 Å². The second-order valence-corrected chi connectivity index (χ2v) is 9.68. The number of benzene rings is 1. The molecular weight excluding hydrogens is 500 g/mol. The molecule has 1 unspecified atom stereocenters. The Kier molecular flexibility index (Phi) is 14.3. The number of halogens is 1. The summed E-state index contributed by atoms with van der Waals surface area (Å²) in [5, 5.41) is 10.7. The largest absolute Gasteiger partial charge is 0.461 e. The number of amides is 4. The van der Waals surface area contributed by atoms with Gasteiger partial charge in [-0.3, -0.25) is 24.0 Å². The summed E-state index contributed by atoms with van der Waals surface area (Å²) in [6.07, 6.45) is 1.35. The van der Waals surface area contributed by atoms with Crippen molar-refractivity contribution in [2.24, 2.45) is 11.8 Å². The van der Waals surface area contributed by atoms with Crippen LogP contribution in [0.4, 0.5) is 5.69 Å². The van der Waals surface area contributed by atoms with Crippen molar-refractivity contribution in [2.75, 3.05) is 17.7 Å². The highest BCUT2D eigenvalue weighted by molar-refractivity contribution is 6.27. The number of unbranched alkanes of at least 4 members (excludes halogenated alkanes) is 1. The molecule has 0 aliphatic carbocycles. The summed E-state index contributed by atoms with van der Waals surface area (Å²) in [6.45, 7) is 9.25. The number of hydrogen-bond acceptors (Lipinski definition) is 6. The van der Waals surface area contributed by atoms with E-state index in [0.717, 1.165) is 5.56 Å². The third kappa shape index (κ3) is 12.6. The first-order valence-electron chi connectivity index (χ1n) is 12.4. The normalized spacial score (nSPS) is 12.4. The lowest BCUT2D eigenvalue weighted by molar-refractivity contribution is -0.148. The molecule has 0 saturated heterocycles. The first kappa shape index (κ1) is 31.9. The molecule has 0 aliphatic heterocycles. The Balaban J connectivity index is 2.52. The zero-order chi connectivity index (χ0) is 28.0. The van der Waals surface area contributed by atoms with Gasteiger partial charge in [0.1, 0.15) is 24.6 Å². The van der Waals surface area contributed by atoms with Crippen LogP contribution in [0.2, 0.25) is 0 Å². The van der Waals surface area contributed by atoms with Gasteiger partial charge in [-0.05, 0) is 43.4 Å². The van der Waals surface area contributed by atoms with Crippen molar-refractivity contribution in [3.05, 3.63) is 29.8 Å². The molecule has 0 heterocycles. The Morgan fingerprint density at radius 2 is 1.51 bits per heavy atom. The summed E-state index contributed by atoms with van der Waals surface area (Å²) < 4.78 is 5.18. The number of carbonyl (C=O) groups is 5. The molecule has 1 aromatic carbocycles. The maximum atomic E-state index is 12.8. The molecule has 1 rings (SSSR count). The zero-order valence-electron chi connectivity index (χ0n) is 22.2. The minimum atomic E-state index is -0.845. The lowest BCUT2D eigenvalue weighted by atomic mass is 10.0. The molecule has 0 saturated carbocycles. The monoisotopic (exact) mass is 538 g/mol. The van der Waals surface area contributed by atoms with E-state index in [1.165, 1.54) is 0 Å². The van der Waals surface area contributed by atoms with Crippen molar-refractivity contribution in [2.45, 2.75) is 72.6 Å². The van der Waals surface area contributed by atoms with Crippen LogP contribution >= 0.6 is 11.6 Å². The third-order valence-electron chi connectivity index (χ3n) is 5.37. The van der Waals surface area contributed by atoms with Crippen LogP contribution in [0.15, 0.2) is 24.3 Å². The highest BCUT2D eigenvalue weighted by Gasteiger charge is 2.27. The molecule has 0 bridgehead atoms. The van der Waals surface area contributed by atoms with Gasteiger partial charge in [0.15, 0.2) is 0 Å². The summed E-state index contributed by atoms with van der Waals surface area (Å²) in [4.78, 5) is 60.4. The van der Waals surface area contributed by atoms with Gasteiger partial charge in [0, 0.05) is 18.7 Å². The van der Waals surface area contributed by atoms with E-state index in [1.807, 2.05) is 0 Å². The van der Waals surface area contributed by atoms with Crippen LogP contribution in [-0.2, 0) is 35.3 Å². The molecule has 0 radical (unpaired) electrons. The molecule has 11 heteroatoms. The zero-order valence-corrected chi connectivity index (χ0v) is 22.9. The lowest BCUT2D eigenvalue weighted by Crippen LogP contribution is -2.53. The summed E-state index contributed by atoms with van der Waals surface area (Å²) >= 11 is 5.41. The molecular formula is C26H39ClN4O6. The molecule has 1 aromatic rings. The van der Waals surface area contributed by atoms with Gasteiger partial charge < -0.3 is 26.0 Å². The minimum absolute atomic E-state index is 0.106. The SMILES string of the molecule is CC(C)C(=O)OCc1ccc(NC(=O)[C@@H](C)NC(=O)C(NC(=O)CCCCNC(=O)CCl)C(C)C)cc1. The average molecular weight is 539 g/mol. The van der Waals surface area contributed by atoms with Crippen molar-refractivity contribution < 1.29 is 28.7 Å². The van der Waals surface area contributed by atoms with Gasteiger partial charge in [-0.1, -0.05) is 39.8 Å². The summed E-state index contributed by atoms with van der Waals surface area (Å²) in [5.74, 6) is -2.21. The fourth-order valence-corrected chi connectivity index (χ4v) is 3.19. The van der Waals surface area contributed by atoms with Gasteiger partial charge in [0.2, 0.25) is 23.6 Å². The quantitative estimate of drug-likeness (QED) is 0.153.